The Morgan fingerprint density at radius 1 is 1.14 bits per heavy atom. The molecule has 3 N–H and O–H groups in total. The third kappa shape index (κ3) is 2.92. The van der Waals surface area contributed by atoms with Gasteiger partial charge in [-0.1, -0.05) is 12.1 Å². The van der Waals surface area contributed by atoms with Gasteiger partial charge < -0.3 is 10.5 Å². The quantitative estimate of drug-likeness (QED) is 0.635. The number of para-hydroxylation sites is 2. The zero-order chi connectivity index (χ0) is 19.8. The first-order valence-electron chi connectivity index (χ1n) is 8.59. The zero-order valence-electron chi connectivity index (χ0n) is 15.0. The number of pyridine rings is 1. The van der Waals surface area contributed by atoms with E-state index in [1.165, 1.54) is 4.57 Å². The minimum absolute atomic E-state index is 0.00795. The Morgan fingerprint density at radius 3 is 2.68 bits per heavy atom. The molecule has 2 aromatic heterocycles. The fourth-order valence-electron chi connectivity index (χ4n) is 3.13. The molecule has 0 aliphatic carbocycles. The molecule has 3 aromatic rings. The third-order valence-corrected chi connectivity index (χ3v) is 4.41. The number of carbonyl (C=O) groups is 2. The van der Waals surface area contributed by atoms with E-state index in [0.29, 0.717) is 24.6 Å². The normalized spacial score (nSPS) is 12.8. The van der Waals surface area contributed by atoms with Crippen molar-refractivity contribution < 1.29 is 14.3 Å². The number of aryl methyl sites for hydroxylation is 1. The van der Waals surface area contributed by atoms with Crippen molar-refractivity contribution in [3.8, 4) is 11.4 Å². The van der Waals surface area contributed by atoms with E-state index >= 15 is 0 Å². The van der Waals surface area contributed by atoms with Gasteiger partial charge in [0.05, 0.1) is 29.1 Å². The summed E-state index contributed by atoms with van der Waals surface area (Å²) in [5.74, 6) is -0.942. The molecule has 1 aliphatic rings. The van der Waals surface area contributed by atoms with Gasteiger partial charge in [-0.25, -0.2) is 0 Å². The van der Waals surface area contributed by atoms with E-state index < -0.39 is 17.4 Å². The summed E-state index contributed by atoms with van der Waals surface area (Å²) >= 11 is 0. The molecule has 0 bridgehead atoms. The van der Waals surface area contributed by atoms with Crippen LogP contribution in [0.2, 0.25) is 0 Å². The molecule has 9 nitrogen and oxygen atoms in total. The molecule has 4 rings (SSSR count). The highest BCUT2D eigenvalue weighted by Crippen LogP contribution is 2.27. The van der Waals surface area contributed by atoms with Crippen LogP contribution in [0.5, 0.6) is 5.75 Å². The molecule has 1 aromatic carbocycles. The average Bonchev–Trinajstić information content (AvgIpc) is 3.19. The topological polar surface area (TPSA) is 121 Å². The fraction of sp³-hybridized carbons (Fsp3) is 0.158. The first-order chi connectivity index (χ1) is 13.5. The number of nitrogens with zero attached hydrogens (tertiary/aromatic N) is 3. The predicted octanol–water partition coefficient (Wildman–Crippen LogP) is 0.887. The molecule has 1 aliphatic heterocycles. The molecule has 0 spiro atoms. The average molecular weight is 379 g/mol. The van der Waals surface area contributed by atoms with Gasteiger partial charge in [0.1, 0.15) is 18.2 Å². The Bertz CT molecular complexity index is 1160. The van der Waals surface area contributed by atoms with Crippen LogP contribution < -0.4 is 21.3 Å². The summed E-state index contributed by atoms with van der Waals surface area (Å²) < 4.78 is 8.76. The van der Waals surface area contributed by atoms with Gasteiger partial charge >= 0.3 is 0 Å². The van der Waals surface area contributed by atoms with Gasteiger partial charge in [0.2, 0.25) is 0 Å². The molecule has 0 saturated carbocycles. The van der Waals surface area contributed by atoms with Gasteiger partial charge in [-0.2, -0.15) is 5.10 Å². The van der Waals surface area contributed by atoms with Crippen molar-refractivity contribution in [2.75, 3.05) is 12.3 Å². The Hall–Kier alpha value is -3.88. The number of fused-ring (bicyclic) bond motifs is 1. The summed E-state index contributed by atoms with van der Waals surface area (Å²) in [4.78, 5) is 36.5. The van der Waals surface area contributed by atoms with Gasteiger partial charge in [-0.15, -0.1) is 0 Å². The summed E-state index contributed by atoms with van der Waals surface area (Å²) in [5.41, 5.74) is 6.83. The molecule has 3 heterocycles. The van der Waals surface area contributed by atoms with Crippen LogP contribution in [0.3, 0.4) is 0 Å². The maximum Gasteiger partial charge on any atom is 0.262 e. The highest BCUT2D eigenvalue weighted by molar-refractivity contribution is 6.23. The van der Waals surface area contributed by atoms with Gasteiger partial charge in [-0.05, 0) is 25.1 Å². The van der Waals surface area contributed by atoms with Gasteiger partial charge in [0, 0.05) is 12.3 Å². The number of nitrogen functional groups attached to an aromatic ring is 1. The number of benzene rings is 1. The lowest BCUT2D eigenvalue weighted by Gasteiger charge is -2.16. The van der Waals surface area contributed by atoms with E-state index in [-0.39, 0.29) is 16.9 Å². The van der Waals surface area contributed by atoms with Crippen molar-refractivity contribution in [2.24, 2.45) is 0 Å². The molecular formula is C19H17N5O4. The van der Waals surface area contributed by atoms with Crippen LogP contribution in [0.4, 0.5) is 5.82 Å². The SMILES string of the molecule is Cc1ccn(CCOc2ccccc2-n2c(N)c3c(cc2=O)C(=O)NC3=O)n1. The van der Waals surface area contributed by atoms with E-state index in [4.69, 9.17) is 10.5 Å². The lowest BCUT2D eigenvalue weighted by atomic mass is 10.1. The smallest absolute Gasteiger partial charge is 0.262 e. The molecule has 0 saturated heterocycles. The van der Waals surface area contributed by atoms with Crippen molar-refractivity contribution in [3.63, 3.8) is 0 Å². The fourth-order valence-corrected chi connectivity index (χ4v) is 3.13. The van der Waals surface area contributed by atoms with Crippen LogP contribution in [-0.4, -0.2) is 32.8 Å². The standard InChI is InChI=1S/C19H17N5O4/c1-11-6-7-23(22-11)8-9-28-14-5-3-2-4-13(14)24-15(25)10-12-16(17(24)20)19(27)21-18(12)26/h2-7,10H,8-9,20H2,1H3,(H,21,26,27). The molecule has 0 radical (unpaired) electrons. The van der Waals surface area contributed by atoms with Crippen LogP contribution in [0.1, 0.15) is 26.4 Å². The number of amides is 2. The molecule has 0 atom stereocenters. The molecule has 9 heteroatoms. The van der Waals surface area contributed by atoms with Crippen molar-refractivity contribution >= 4 is 17.6 Å². The summed E-state index contributed by atoms with van der Waals surface area (Å²) in [6.07, 6.45) is 1.85. The molecule has 0 unspecified atom stereocenters. The molecule has 2 amide bonds. The Balaban J connectivity index is 1.69. The number of aromatic nitrogens is 3. The second-order valence-electron chi connectivity index (χ2n) is 6.31. The number of ether oxygens (including phenoxy) is 1. The number of carbonyl (C=O) groups excluding carboxylic acids is 2. The highest BCUT2D eigenvalue weighted by Gasteiger charge is 2.32. The monoisotopic (exact) mass is 379 g/mol. The summed E-state index contributed by atoms with van der Waals surface area (Å²) in [7, 11) is 0. The predicted molar refractivity (Wildman–Crippen MR) is 101 cm³/mol. The van der Waals surface area contributed by atoms with Crippen LogP contribution in [0.15, 0.2) is 47.4 Å². The van der Waals surface area contributed by atoms with Gasteiger partial charge in [-0.3, -0.25) is 28.9 Å². The van der Waals surface area contributed by atoms with E-state index in [2.05, 4.69) is 10.4 Å². The van der Waals surface area contributed by atoms with Crippen LogP contribution >= 0.6 is 0 Å². The van der Waals surface area contributed by atoms with Crippen molar-refractivity contribution in [2.45, 2.75) is 13.5 Å². The number of nitrogens with two attached hydrogens (primary N) is 1. The lowest BCUT2D eigenvalue weighted by molar-refractivity contribution is 0.0880. The van der Waals surface area contributed by atoms with Gasteiger partial charge in [0.15, 0.2) is 0 Å². The lowest BCUT2D eigenvalue weighted by Crippen LogP contribution is -2.24. The maximum absolute atomic E-state index is 12.6. The minimum Gasteiger partial charge on any atom is -0.489 e. The first kappa shape index (κ1) is 17.5. The van der Waals surface area contributed by atoms with Gasteiger partial charge in [0.25, 0.3) is 17.4 Å². The molecule has 142 valence electrons. The number of nitrogens with one attached hydrogen (secondary N) is 1. The first-order valence-corrected chi connectivity index (χ1v) is 8.59. The highest BCUT2D eigenvalue weighted by atomic mass is 16.5. The molecule has 0 fully saturated rings. The summed E-state index contributed by atoms with van der Waals surface area (Å²) in [6, 6.07) is 9.85. The van der Waals surface area contributed by atoms with E-state index in [0.717, 1.165) is 11.8 Å². The Labute approximate surface area is 159 Å². The summed E-state index contributed by atoms with van der Waals surface area (Å²) in [5, 5.41) is 6.44. The van der Waals surface area contributed by atoms with E-state index in [9.17, 15) is 14.4 Å². The third-order valence-electron chi connectivity index (χ3n) is 4.41. The Kier molecular flexibility index (Phi) is 4.19. The van der Waals surface area contributed by atoms with Crippen LogP contribution in [-0.2, 0) is 6.54 Å². The van der Waals surface area contributed by atoms with Crippen LogP contribution in [0.25, 0.3) is 5.69 Å². The second-order valence-corrected chi connectivity index (χ2v) is 6.31. The van der Waals surface area contributed by atoms with Crippen LogP contribution in [0, 0.1) is 6.92 Å². The number of hydrogen-bond acceptors (Lipinski definition) is 6. The number of hydrogen-bond donors (Lipinski definition) is 2. The number of anilines is 1. The van der Waals surface area contributed by atoms with Crippen molar-refractivity contribution in [1.82, 2.24) is 19.7 Å². The number of imide groups is 1. The molecule has 28 heavy (non-hydrogen) atoms. The largest absolute Gasteiger partial charge is 0.489 e. The maximum atomic E-state index is 12.6. The van der Waals surface area contributed by atoms with E-state index in [1.807, 2.05) is 19.2 Å². The number of rotatable bonds is 5. The zero-order valence-corrected chi connectivity index (χ0v) is 15.0. The van der Waals surface area contributed by atoms with Crippen molar-refractivity contribution in [1.29, 1.82) is 0 Å². The minimum atomic E-state index is -0.630. The van der Waals surface area contributed by atoms with Crippen molar-refractivity contribution in [3.05, 3.63) is 69.8 Å². The molecular weight excluding hydrogens is 362 g/mol. The summed E-state index contributed by atoms with van der Waals surface area (Å²) in [6.45, 7) is 2.74. The Morgan fingerprint density at radius 2 is 1.93 bits per heavy atom. The van der Waals surface area contributed by atoms with E-state index in [1.54, 1.807) is 28.9 Å². The second kappa shape index (κ2) is 6.69.